The van der Waals surface area contributed by atoms with Gasteiger partial charge in [0.2, 0.25) is 0 Å². The summed E-state index contributed by atoms with van der Waals surface area (Å²) in [5.74, 6) is 0.224. The van der Waals surface area contributed by atoms with Crippen molar-refractivity contribution in [3.8, 4) is 0 Å². The molecule has 0 saturated carbocycles. The van der Waals surface area contributed by atoms with E-state index in [1.165, 1.54) is 0 Å². The van der Waals surface area contributed by atoms with Crippen LogP contribution in [-0.2, 0) is 0 Å². The fourth-order valence-electron chi connectivity index (χ4n) is 1.19. The molecule has 0 fully saturated rings. The third-order valence-electron chi connectivity index (χ3n) is 1.99. The summed E-state index contributed by atoms with van der Waals surface area (Å²) in [7, 11) is 0. The van der Waals surface area contributed by atoms with Crippen LogP contribution in [0.5, 0.6) is 0 Å². The first-order valence-electron chi connectivity index (χ1n) is 4.55. The van der Waals surface area contributed by atoms with Gasteiger partial charge in [-0.15, -0.1) is 10.2 Å². The Kier molecular flexibility index (Phi) is 3.00. The second kappa shape index (κ2) is 4.44. The highest BCUT2D eigenvalue weighted by Crippen LogP contribution is 2.11. The van der Waals surface area contributed by atoms with Crippen molar-refractivity contribution in [2.75, 3.05) is 0 Å². The van der Waals surface area contributed by atoms with E-state index in [2.05, 4.69) is 46.9 Å². The van der Waals surface area contributed by atoms with Crippen LogP contribution >= 0.6 is 15.9 Å². The number of nitrogens with zero attached hydrogens (tertiary/aromatic N) is 3. The molecular weight excluding hydrogens is 276 g/mol. The molecule has 7 nitrogen and oxygen atoms in total. The summed E-state index contributed by atoms with van der Waals surface area (Å²) in [5, 5.41) is 16.1. The van der Waals surface area contributed by atoms with Crippen LogP contribution in [0.15, 0.2) is 16.7 Å². The Balaban J connectivity index is 2.03. The van der Waals surface area contributed by atoms with Crippen LogP contribution < -0.4 is 5.32 Å². The highest BCUT2D eigenvalue weighted by Gasteiger charge is 2.15. The molecule has 1 unspecified atom stereocenters. The molecule has 2 heterocycles. The maximum absolute atomic E-state index is 11.7. The molecule has 2 aromatic heterocycles. The van der Waals surface area contributed by atoms with Crippen LogP contribution in [0.1, 0.15) is 29.3 Å². The van der Waals surface area contributed by atoms with E-state index in [1.54, 1.807) is 19.2 Å². The standard InChI is InChI=1S/C8H9BrN6O/c1-4(7-12-14-15-13-7)11-8(16)6-2-5(9)3-10-6/h2-4,10H,1H3,(H,11,16)(H,12,13,14,15). The summed E-state index contributed by atoms with van der Waals surface area (Å²) in [6.45, 7) is 1.78. The number of hydrogen-bond acceptors (Lipinski definition) is 4. The van der Waals surface area contributed by atoms with E-state index in [1.807, 2.05) is 0 Å². The molecule has 1 amide bonds. The number of aromatic nitrogens is 5. The molecule has 84 valence electrons. The summed E-state index contributed by atoms with van der Waals surface area (Å²) in [6, 6.07) is 1.39. The van der Waals surface area contributed by atoms with Crippen molar-refractivity contribution in [3.05, 3.63) is 28.3 Å². The van der Waals surface area contributed by atoms with Crippen molar-refractivity contribution in [2.45, 2.75) is 13.0 Å². The van der Waals surface area contributed by atoms with Crippen LogP contribution in [0.2, 0.25) is 0 Å². The first-order valence-corrected chi connectivity index (χ1v) is 5.34. The van der Waals surface area contributed by atoms with Gasteiger partial charge in [0.25, 0.3) is 5.91 Å². The lowest BCUT2D eigenvalue weighted by molar-refractivity contribution is 0.0934. The van der Waals surface area contributed by atoms with E-state index >= 15 is 0 Å². The highest BCUT2D eigenvalue weighted by molar-refractivity contribution is 9.10. The van der Waals surface area contributed by atoms with Gasteiger partial charge in [0, 0.05) is 10.7 Å². The largest absolute Gasteiger partial charge is 0.356 e. The number of rotatable bonds is 3. The van der Waals surface area contributed by atoms with Crippen LogP contribution in [0.3, 0.4) is 0 Å². The number of amides is 1. The van der Waals surface area contributed by atoms with E-state index in [-0.39, 0.29) is 11.9 Å². The average Bonchev–Trinajstić information content (AvgIpc) is 2.87. The van der Waals surface area contributed by atoms with Gasteiger partial charge in [-0.25, -0.2) is 0 Å². The van der Waals surface area contributed by atoms with E-state index in [9.17, 15) is 4.79 Å². The SMILES string of the molecule is CC(NC(=O)c1cc(Br)c[nH]1)c1nn[nH]n1. The molecule has 8 heteroatoms. The predicted octanol–water partition coefficient (Wildman–Crippen LogP) is 0.781. The van der Waals surface area contributed by atoms with Crippen LogP contribution in [0, 0.1) is 0 Å². The Morgan fingerprint density at radius 3 is 3.00 bits per heavy atom. The molecule has 2 rings (SSSR count). The summed E-state index contributed by atoms with van der Waals surface area (Å²) < 4.78 is 0.824. The van der Waals surface area contributed by atoms with Crippen molar-refractivity contribution in [2.24, 2.45) is 0 Å². The minimum Gasteiger partial charge on any atom is -0.356 e. The van der Waals surface area contributed by atoms with Gasteiger partial charge in [0.05, 0.1) is 6.04 Å². The molecule has 1 atom stereocenters. The van der Waals surface area contributed by atoms with E-state index in [4.69, 9.17) is 0 Å². The van der Waals surface area contributed by atoms with Crippen molar-refractivity contribution >= 4 is 21.8 Å². The quantitative estimate of drug-likeness (QED) is 0.776. The number of carbonyl (C=O) groups is 1. The number of nitrogens with one attached hydrogen (secondary N) is 3. The lowest BCUT2D eigenvalue weighted by Crippen LogP contribution is -2.27. The molecule has 0 aromatic carbocycles. The molecule has 0 aliphatic heterocycles. The van der Waals surface area contributed by atoms with E-state index in [0.29, 0.717) is 11.5 Å². The Morgan fingerprint density at radius 2 is 2.44 bits per heavy atom. The van der Waals surface area contributed by atoms with Crippen LogP contribution in [-0.4, -0.2) is 31.5 Å². The van der Waals surface area contributed by atoms with Gasteiger partial charge < -0.3 is 10.3 Å². The Labute approximate surface area is 99.1 Å². The molecule has 0 radical (unpaired) electrons. The van der Waals surface area contributed by atoms with Crippen molar-refractivity contribution in [1.29, 1.82) is 0 Å². The molecular formula is C8H9BrN6O. The summed E-state index contributed by atoms with van der Waals surface area (Å²) in [5.41, 5.74) is 0.474. The summed E-state index contributed by atoms with van der Waals surface area (Å²) in [4.78, 5) is 14.5. The van der Waals surface area contributed by atoms with Gasteiger partial charge in [-0.05, 0) is 28.9 Å². The third kappa shape index (κ3) is 2.27. The molecule has 0 aliphatic rings. The zero-order chi connectivity index (χ0) is 11.5. The predicted molar refractivity (Wildman–Crippen MR) is 58.6 cm³/mol. The fourth-order valence-corrected chi connectivity index (χ4v) is 1.53. The number of carbonyl (C=O) groups excluding carboxylic acids is 1. The number of hydrogen-bond donors (Lipinski definition) is 3. The van der Waals surface area contributed by atoms with Gasteiger partial charge in [0.15, 0.2) is 5.82 Å². The second-order valence-corrected chi connectivity index (χ2v) is 4.11. The zero-order valence-electron chi connectivity index (χ0n) is 8.36. The lowest BCUT2D eigenvalue weighted by Gasteiger charge is -2.08. The number of aromatic amines is 2. The van der Waals surface area contributed by atoms with Crippen LogP contribution in [0.4, 0.5) is 0 Å². The van der Waals surface area contributed by atoms with E-state index in [0.717, 1.165) is 4.47 Å². The normalized spacial score (nSPS) is 12.4. The lowest BCUT2D eigenvalue weighted by atomic mass is 10.3. The van der Waals surface area contributed by atoms with Crippen molar-refractivity contribution in [3.63, 3.8) is 0 Å². The highest BCUT2D eigenvalue weighted by atomic mass is 79.9. The molecule has 16 heavy (non-hydrogen) atoms. The van der Waals surface area contributed by atoms with Gasteiger partial charge in [-0.1, -0.05) is 5.21 Å². The fraction of sp³-hybridized carbons (Fsp3) is 0.250. The monoisotopic (exact) mass is 284 g/mol. The van der Waals surface area contributed by atoms with Gasteiger partial charge in [0.1, 0.15) is 5.69 Å². The van der Waals surface area contributed by atoms with E-state index < -0.39 is 0 Å². The van der Waals surface area contributed by atoms with Crippen LogP contribution in [0.25, 0.3) is 0 Å². The van der Waals surface area contributed by atoms with Crippen molar-refractivity contribution < 1.29 is 4.79 Å². The van der Waals surface area contributed by atoms with Gasteiger partial charge in [-0.2, -0.15) is 5.21 Å². The maximum atomic E-state index is 11.7. The second-order valence-electron chi connectivity index (χ2n) is 3.20. The molecule has 0 saturated heterocycles. The first kappa shape index (κ1) is 10.8. The smallest absolute Gasteiger partial charge is 0.268 e. The molecule has 0 aliphatic carbocycles. The minimum atomic E-state index is -0.298. The number of halogens is 1. The average molecular weight is 285 g/mol. The minimum absolute atomic E-state index is 0.219. The molecule has 2 aromatic rings. The Morgan fingerprint density at radius 1 is 1.62 bits per heavy atom. The van der Waals surface area contributed by atoms with Gasteiger partial charge >= 0.3 is 0 Å². The third-order valence-corrected chi connectivity index (χ3v) is 2.45. The van der Waals surface area contributed by atoms with Crippen molar-refractivity contribution in [1.82, 2.24) is 30.9 Å². The molecule has 3 N–H and O–H groups in total. The first-order chi connectivity index (χ1) is 7.66. The Hall–Kier alpha value is -1.70. The summed E-state index contributed by atoms with van der Waals surface area (Å²) >= 11 is 3.25. The maximum Gasteiger partial charge on any atom is 0.268 e. The Bertz CT molecular complexity index is 478. The zero-order valence-corrected chi connectivity index (χ0v) is 9.95. The summed E-state index contributed by atoms with van der Waals surface area (Å²) in [6.07, 6.45) is 1.69. The molecule has 0 bridgehead atoms. The number of H-pyrrole nitrogens is 2. The number of tetrazole rings is 1. The topological polar surface area (TPSA) is 99.4 Å². The van der Waals surface area contributed by atoms with Gasteiger partial charge in [-0.3, -0.25) is 4.79 Å². The molecule has 0 spiro atoms.